The first-order valence-corrected chi connectivity index (χ1v) is 6.43. The van der Waals surface area contributed by atoms with Crippen LogP contribution in [0.3, 0.4) is 0 Å². The Morgan fingerprint density at radius 3 is 2.72 bits per heavy atom. The largest absolute Gasteiger partial charge is 0.477 e. The molecule has 0 spiro atoms. The molecule has 0 atom stereocenters. The molecule has 2 aromatic rings. The smallest absolute Gasteiger partial charge is 0.354 e. The average molecular weight is 327 g/mol. The number of carbonyl (C=O) groups excluding carboxylic acids is 1. The van der Waals surface area contributed by atoms with E-state index in [1.165, 1.54) is 29.7 Å². The third-order valence-electron chi connectivity index (χ3n) is 2.05. The standard InChI is InChI=1S/C11H7BrN2O3S/c12-8-1-2-9(18-8)14-10(15)6-3-4-13-7(5-6)11(16)17/h1-5H,(H,14,15)(H,16,17). The zero-order valence-electron chi connectivity index (χ0n) is 8.88. The Balaban J connectivity index is 2.18. The number of amides is 1. The Morgan fingerprint density at radius 1 is 1.33 bits per heavy atom. The van der Waals surface area contributed by atoms with Crippen LogP contribution < -0.4 is 5.32 Å². The van der Waals surface area contributed by atoms with E-state index < -0.39 is 5.97 Å². The summed E-state index contributed by atoms with van der Waals surface area (Å²) >= 11 is 4.66. The van der Waals surface area contributed by atoms with Gasteiger partial charge in [-0.2, -0.15) is 0 Å². The van der Waals surface area contributed by atoms with Crippen LogP contribution in [-0.4, -0.2) is 22.0 Å². The van der Waals surface area contributed by atoms with Gasteiger partial charge in [-0.1, -0.05) is 0 Å². The number of carbonyl (C=O) groups is 2. The molecule has 7 heteroatoms. The minimum Gasteiger partial charge on any atom is -0.477 e. The number of aromatic carboxylic acids is 1. The van der Waals surface area contributed by atoms with Crippen molar-refractivity contribution in [2.45, 2.75) is 0 Å². The van der Waals surface area contributed by atoms with Crippen molar-refractivity contribution in [2.75, 3.05) is 5.32 Å². The van der Waals surface area contributed by atoms with Gasteiger partial charge in [0.2, 0.25) is 0 Å². The van der Waals surface area contributed by atoms with Crippen LogP contribution in [0.5, 0.6) is 0 Å². The van der Waals surface area contributed by atoms with Crippen molar-refractivity contribution in [3.8, 4) is 0 Å². The lowest BCUT2D eigenvalue weighted by atomic mass is 10.2. The van der Waals surface area contributed by atoms with Gasteiger partial charge in [-0.05, 0) is 40.2 Å². The van der Waals surface area contributed by atoms with Crippen LogP contribution in [0.2, 0.25) is 0 Å². The van der Waals surface area contributed by atoms with Crippen molar-refractivity contribution in [1.29, 1.82) is 0 Å². The average Bonchev–Trinajstić information content (AvgIpc) is 2.75. The van der Waals surface area contributed by atoms with E-state index in [1.54, 1.807) is 6.07 Å². The zero-order valence-corrected chi connectivity index (χ0v) is 11.3. The van der Waals surface area contributed by atoms with Gasteiger partial charge < -0.3 is 10.4 Å². The van der Waals surface area contributed by atoms with E-state index in [0.717, 1.165) is 3.79 Å². The van der Waals surface area contributed by atoms with Crippen molar-refractivity contribution in [2.24, 2.45) is 0 Å². The lowest BCUT2D eigenvalue weighted by Crippen LogP contribution is -2.12. The molecule has 2 N–H and O–H groups in total. The summed E-state index contributed by atoms with van der Waals surface area (Å²) < 4.78 is 0.902. The maximum absolute atomic E-state index is 11.9. The molecule has 1 amide bonds. The third kappa shape index (κ3) is 2.93. The molecule has 0 aliphatic heterocycles. The fraction of sp³-hybridized carbons (Fsp3) is 0. The van der Waals surface area contributed by atoms with Gasteiger partial charge >= 0.3 is 5.97 Å². The van der Waals surface area contributed by atoms with Gasteiger partial charge in [0.15, 0.2) is 0 Å². The van der Waals surface area contributed by atoms with Crippen LogP contribution in [-0.2, 0) is 0 Å². The van der Waals surface area contributed by atoms with Crippen molar-refractivity contribution in [1.82, 2.24) is 4.98 Å². The number of anilines is 1. The predicted molar refractivity (Wildman–Crippen MR) is 71.2 cm³/mol. The summed E-state index contributed by atoms with van der Waals surface area (Å²) in [5.41, 5.74) is 0.0990. The monoisotopic (exact) mass is 326 g/mol. The van der Waals surface area contributed by atoms with E-state index in [1.807, 2.05) is 6.07 Å². The van der Waals surface area contributed by atoms with E-state index in [9.17, 15) is 9.59 Å². The number of pyridine rings is 1. The first-order chi connectivity index (χ1) is 8.56. The number of halogens is 1. The van der Waals surface area contributed by atoms with Gasteiger partial charge in [-0.25, -0.2) is 9.78 Å². The van der Waals surface area contributed by atoms with Crippen molar-refractivity contribution in [3.05, 3.63) is 45.5 Å². The van der Waals surface area contributed by atoms with Gasteiger partial charge in [0.25, 0.3) is 5.91 Å². The highest BCUT2D eigenvalue weighted by Gasteiger charge is 2.11. The maximum Gasteiger partial charge on any atom is 0.354 e. The lowest BCUT2D eigenvalue weighted by molar-refractivity contribution is 0.0690. The molecule has 0 radical (unpaired) electrons. The molecule has 0 saturated carbocycles. The molecule has 0 aliphatic carbocycles. The van der Waals surface area contributed by atoms with Gasteiger partial charge in [0.05, 0.1) is 8.79 Å². The number of thiophene rings is 1. The van der Waals surface area contributed by atoms with Crippen LogP contribution in [0, 0.1) is 0 Å². The van der Waals surface area contributed by atoms with E-state index in [2.05, 4.69) is 26.2 Å². The molecule has 5 nitrogen and oxygen atoms in total. The minimum absolute atomic E-state index is 0.157. The molecule has 0 unspecified atom stereocenters. The number of carboxylic acid groups (broad SMARTS) is 1. The van der Waals surface area contributed by atoms with Crippen LogP contribution >= 0.6 is 27.3 Å². The summed E-state index contributed by atoms with van der Waals surface area (Å²) in [6.45, 7) is 0. The number of rotatable bonds is 3. The minimum atomic E-state index is -1.16. The SMILES string of the molecule is O=C(Nc1ccc(Br)s1)c1ccnc(C(=O)O)c1. The molecule has 0 aromatic carbocycles. The number of hydrogen-bond acceptors (Lipinski definition) is 4. The lowest BCUT2D eigenvalue weighted by Gasteiger charge is -2.02. The summed E-state index contributed by atoms with van der Waals surface area (Å²) in [7, 11) is 0. The van der Waals surface area contributed by atoms with E-state index in [0.29, 0.717) is 5.00 Å². The number of nitrogens with one attached hydrogen (secondary N) is 1. The summed E-state index contributed by atoms with van der Waals surface area (Å²) in [6, 6.07) is 6.27. The van der Waals surface area contributed by atoms with E-state index >= 15 is 0 Å². The number of hydrogen-bond donors (Lipinski definition) is 2. The second-order valence-electron chi connectivity index (χ2n) is 3.29. The second-order valence-corrected chi connectivity index (χ2v) is 5.76. The molecule has 2 aromatic heterocycles. The fourth-order valence-electron chi connectivity index (χ4n) is 1.25. The van der Waals surface area contributed by atoms with Crippen molar-refractivity contribution >= 4 is 44.1 Å². The van der Waals surface area contributed by atoms with Gasteiger partial charge in [-0.3, -0.25) is 4.79 Å². The fourth-order valence-corrected chi connectivity index (χ4v) is 2.54. The Labute approximate surface area is 115 Å². The number of carboxylic acids is 1. The number of nitrogens with zero attached hydrogens (tertiary/aromatic N) is 1. The van der Waals surface area contributed by atoms with Gasteiger partial charge in [0.1, 0.15) is 5.69 Å². The summed E-state index contributed by atoms with van der Waals surface area (Å²) in [5.74, 6) is -1.53. The third-order valence-corrected chi connectivity index (χ3v) is 3.59. The highest BCUT2D eigenvalue weighted by Crippen LogP contribution is 2.26. The first-order valence-electron chi connectivity index (χ1n) is 4.82. The van der Waals surface area contributed by atoms with Gasteiger partial charge in [-0.15, -0.1) is 11.3 Å². The van der Waals surface area contributed by atoms with Crippen molar-refractivity contribution in [3.63, 3.8) is 0 Å². The summed E-state index contributed by atoms with van der Waals surface area (Å²) in [5, 5.41) is 12.1. The molecular weight excluding hydrogens is 320 g/mol. The van der Waals surface area contributed by atoms with E-state index in [-0.39, 0.29) is 17.2 Å². The highest BCUT2D eigenvalue weighted by atomic mass is 79.9. The molecule has 0 fully saturated rings. The number of aromatic nitrogens is 1. The van der Waals surface area contributed by atoms with E-state index in [4.69, 9.17) is 5.11 Å². The topological polar surface area (TPSA) is 79.3 Å². The van der Waals surface area contributed by atoms with Gasteiger partial charge in [0, 0.05) is 11.8 Å². The summed E-state index contributed by atoms with van der Waals surface area (Å²) in [4.78, 5) is 26.2. The molecule has 0 bridgehead atoms. The Hall–Kier alpha value is -1.73. The molecule has 2 heterocycles. The Morgan fingerprint density at radius 2 is 2.11 bits per heavy atom. The molecule has 18 heavy (non-hydrogen) atoms. The van der Waals surface area contributed by atoms with Crippen LogP contribution in [0.15, 0.2) is 34.2 Å². The quantitative estimate of drug-likeness (QED) is 0.908. The molecule has 92 valence electrons. The molecule has 0 aliphatic rings. The second kappa shape index (κ2) is 5.28. The summed E-state index contributed by atoms with van der Waals surface area (Å²) in [6.07, 6.45) is 1.29. The predicted octanol–water partition coefficient (Wildman–Crippen LogP) is 2.86. The van der Waals surface area contributed by atoms with Crippen LogP contribution in [0.25, 0.3) is 0 Å². The first kappa shape index (κ1) is 12.7. The highest BCUT2D eigenvalue weighted by molar-refractivity contribution is 9.11. The van der Waals surface area contributed by atoms with Crippen LogP contribution in [0.4, 0.5) is 5.00 Å². The maximum atomic E-state index is 11.9. The van der Waals surface area contributed by atoms with Crippen molar-refractivity contribution < 1.29 is 14.7 Å². The Bertz CT molecular complexity index is 612. The zero-order chi connectivity index (χ0) is 13.1. The normalized spacial score (nSPS) is 10.1. The Kier molecular flexibility index (Phi) is 3.73. The molecule has 0 saturated heterocycles. The molecule has 2 rings (SSSR count). The molecular formula is C11H7BrN2O3S. The van der Waals surface area contributed by atoms with Crippen LogP contribution in [0.1, 0.15) is 20.8 Å².